The smallest absolute Gasteiger partial charge is 0.322 e. The van der Waals surface area contributed by atoms with Crippen LogP contribution in [0.3, 0.4) is 0 Å². The van der Waals surface area contributed by atoms with E-state index in [1.54, 1.807) is 34.4 Å². The lowest BCUT2D eigenvalue weighted by molar-refractivity contribution is -0.132. The zero-order chi connectivity index (χ0) is 22.9. The van der Waals surface area contributed by atoms with Gasteiger partial charge in [-0.05, 0) is 41.6 Å². The molecule has 5 nitrogen and oxygen atoms in total. The van der Waals surface area contributed by atoms with Crippen molar-refractivity contribution in [2.45, 2.75) is 20.0 Å². The van der Waals surface area contributed by atoms with Gasteiger partial charge in [0.05, 0.1) is 6.54 Å². The van der Waals surface area contributed by atoms with E-state index in [0.717, 1.165) is 16.0 Å². The molecular weight excluding hydrogens is 442 g/mol. The number of nitrogens with zero attached hydrogens (tertiary/aromatic N) is 2. The number of carbonyl (C=O) groups is 2. The molecule has 1 N–H and O–H groups in total. The summed E-state index contributed by atoms with van der Waals surface area (Å²) in [4.78, 5) is 30.5. The second-order valence-electron chi connectivity index (χ2n) is 7.38. The molecule has 0 aliphatic rings. The van der Waals surface area contributed by atoms with Crippen LogP contribution in [0.25, 0.3) is 0 Å². The Kier molecular flexibility index (Phi) is 8.48. The molecule has 1 aromatic heterocycles. The summed E-state index contributed by atoms with van der Waals surface area (Å²) in [6, 6.07) is 18.7. The Morgan fingerprint density at radius 2 is 1.84 bits per heavy atom. The van der Waals surface area contributed by atoms with Gasteiger partial charge in [-0.3, -0.25) is 4.79 Å². The maximum absolute atomic E-state index is 13.3. The summed E-state index contributed by atoms with van der Waals surface area (Å²) < 4.78 is 0. The van der Waals surface area contributed by atoms with Gasteiger partial charge in [-0.1, -0.05) is 60.1 Å². The third-order valence-electron chi connectivity index (χ3n) is 4.88. The first-order chi connectivity index (χ1) is 15.5. The standard InChI is InChI=1S/C25H26ClN3O2S/c1-3-13-28(25(31)27-21-12-11-19(2)23(26)15-21)18-24(30)29(17-22-10-7-14-32-22)16-20-8-5-4-6-9-20/h3-12,14-15H,1,13,16-18H2,2H3,(H,27,31). The molecular formula is C25H26ClN3O2S. The van der Waals surface area contributed by atoms with Crippen LogP contribution < -0.4 is 5.32 Å². The van der Waals surface area contributed by atoms with Crippen molar-refractivity contribution >= 4 is 40.6 Å². The van der Waals surface area contributed by atoms with Crippen molar-refractivity contribution in [2.75, 3.05) is 18.4 Å². The highest BCUT2D eigenvalue weighted by Crippen LogP contribution is 2.20. The summed E-state index contributed by atoms with van der Waals surface area (Å²) in [5, 5.41) is 5.38. The number of anilines is 1. The number of rotatable bonds is 9. The van der Waals surface area contributed by atoms with Gasteiger partial charge in [-0.15, -0.1) is 17.9 Å². The van der Waals surface area contributed by atoms with Gasteiger partial charge < -0.3 is 15.1 Å². The minimum absolute atomic E-state index is 0.0599. The zero-order valence-electron chi connectivity index (χ0n) is 18.0. The normalized spacial score (nSPS) is 10.4. The van der Waals surface area contributed by atoms with E-state index < -0.39 is 0 Å². The predicted octanol–water partition coefficient (Wildman–Crippen LogP) is 5.96. The van der Waals surface area contributed by atoms with E-state index in [9.17, 15) is 9.59 Å². The van der Waals surface area contributed by atoms with Crippen molar-refractivity contribution < 1.29 is 9.59 Å². The van der Waals surface area contributed by atoms with Crippen molar-refractivity contribution in [1.82, 2.24) is 9.80 Å². The number of aryl methyl sites for hydroxylation is 1. The van der Waals surface area contributed by atoms with Crippen LogP contribution in [0, 0.1) is 6.92 Å². The Morgan fingerprint density at radius 1 is 1.06 bits per heavy atom. The molecule has 0 radical (unpaired) electrons. The van der Waals surface area contributed by atoms with E-state index in [2.05, 4.69) is 11.9 Å². The van der Waals surface area contributed by atoms with Crippen LogP contribution in [-0.2, 0) is 17.9 Å². The molecule has 2 aromatic carbocycles. The van der Waals surface area contributed by atoms with Gasteiger partial charge in [0.1, 0.15) is 6.54 Å². The van der Waals surface area contributed by atoms with E-state index in [-0.39, 0.29) is 25.0 Å². The van der Waals surface area contributed by atoms with Crippen LogP contribution in [0.15, 0.2) is 78.7 Å². The summed E-state index contributed by atoms with van der Waals surface area (Å²) in [5.74, 6) is -0.138. The largest absolute Gasteiger partial charge is 0.332 e. The van der Waals surface area contributed by atoms with Crippen molar-refractivity contribution in [3.8, 4) is 0 Å². The molecule has 0 saturated heterocycles. The molecule has 0 aliphatic heterocycles. The number of hydrogen-bond acceptors (Lipinski definition) is 3. The van der Waals surface area contributed by atoms with Gasteiger partial charge in [-0.2, -0.15) is 0 Å². The highest BCUT2D eigenvalue weighted by atomic mass is 35.5. The van der Waals surface area contributed by atoms with E-state index in [1.807, 2.05) is 60.8 Å². The maximum atomic E-state index is 13.3. The predicted molar refractivity (Wildman–Crippen MR) is 132 cm³/mol. The number of urea groups is 1. The molecule has 3 aromatic rings. The number of thiophene rings is 1. The first kappa shape index (κ1) is 23.6. The number of hydrogen-bond donors (Lipinski definition) is 1. The molecule has 0 saturated carbocycles. The zero-order valence-corrected chi connectivity index (χ0v) is 19.5. The molecule has 3 rings (SSSR count). The van der Waals surface area contributed by atoms with Crippen LogP contribution >= 0.6 is 22.9 Å². The molecule has 0 unspecified atom stereocenters. The van der Waals surface area contributed by atoms with Gasteiger partial charge in [0.2, 0.25) is 5.91 Å². The molecule has 0 bridgehead atoms. The molecule has 166 valence electrons. The third-order valence-corrected chi connectivity index (χ3v) is 6.15. The maximum Gasteiger partial charge on any atom is 0.322 e. The highest BCUT2D eigenvalue weighted by molar-refractivity contribution is 7.09. The van der Waals surface area contributed by atoms with E-state index >= 15 is 0 Å². The van der Waals surface area contributed by atoms with Crippen molar-refractivity contribution in [1.29, 1.82) is 0 Å². The lowest BCUT2D eigenvalue weighted by Crippen LogP contribution is -2.44. The number of amides is 3. The van der Waals surface area contributed by atoms with Crippen molar-refractivity contribution in [2.24, 2.45) is 0 Å². The van der Waals surface area contributed by atoms with E-state index in [1.165, 1.54) is 4.90 Å². The third kappa shape index (κ3) is 6.70. The van der Waals surface area contributed by atoms with Crippen LogP contribution in [0.4, 0.5) is 10.5 Å². The minimum Gasteiger partial charge on any atom is -0.332 e. The molecule has 1 heterocycles. The van der Waals surface area contributed by atoms with E-state index in [0.29, 0.717) is 23.8 Å². The van der Waals surface area contributed by atoms with Crippen molar-refractivity contribution in [3.05, 3.63) is 99.7 Å². The highest BCUT2D eigenvalue weighted by Gasteiger charge is 2.21. The lowest BCUT2D eigenvalue weighted by atomic mass is 10.2. The fourth-order valence-electron chi connectivity index (χ4n) is 3.14. The average Bonchev–Trinajstić information content (AvgIpc) is 3.29. The van der Waals surface area contributed by atoms with Gasteiger partial charge >= 0.3 is 6.03 Å². The molecule has 0 aliphatic carbocycles. The molecule has 32 heavy (non-hydrogen) atoms. The van der Waals surface area contributed by atoms with Crippen molar-refractivity contribution in [3.63, 3.8) is 0 Å². The Labute approximate surface area is 197 Å². The fraction of sp³-hybridized carbons (Fsp3) is 0.200. The summed E-state index contributed by atoms with van der Waals surface area (Å²) in [5.41, 5.74) is 2.53. The lowest BCUT2D eigenvalue weighted by Gasteiger charge is -2.27. The molecule has 3 amide bonds. The number of benzene rings is 2. The molecule has 7 heteroatoms. The second kappa shape index (κ2) is 11.5. The molecule has 0 spiro atoms. The Morgan fingerprint density at radius 3 is 2.50 bits per heavy atom. The van der Waals surface area contributed by atoms with Crippen LogP contribution in [-0.4, -0.2) is 34.8 Å². The quantitative estimate of drug-likeness (QED) is 0.395. The van der Waals surface area contributed by atoms with Crippen LogP contribution in [0.2, 0.25) is 5.02 Å². The Balaban J connectivity index is 1.73. The van der Waals surface area contributed by atoms with E-state index in [4.69, 9.17) is 11.6 Å². The average molecular weight is 468 g/mol. The SMILES string of the molecule is C=CCN(CC(=O)N(Cc1ccccc1)Cc1cccs1)C(=O)Nc1ccc(C)c(Cl)c1. The second-order valence-corrected chi connectivity index (χ2v) is 8.82. The first-order valence-electron chi connectivity index (χ1n) is 10.2. The summed E-state index contributed by atoms with van der Waals surface area (Å²) >= 11 is 7.77. The Hall–Kier alpha value is -3.09. The van der Waals surface area contributed by atoms with Gasteiger partial charge in [0.15, 0.2) is 0 Å². The first-order valence-corrected chi connectivity index (χ1v) is 11.5. The topological polar surface area (TPSA) is 52.7 Å². The molecule has 0 fully saturated rings. The van der Waals surface area contributed by atoms with Crippen LogP contribution in [0.5, 0.6) is 0 Å². The number of halogens is 1. The monoisotopic (exact) mass is 467 g/mol. The fourth-order valence-corrected chi connectivity index (χ4v) is 4.04. The molecule has 0 atom stereocenters. The van der Waals surface area contributed by atoms with Gasteiger partial charge in [-0.25, -0.2) is 4.79 Å². The summed E-state index contributed by atoms with van der Waals surface area (Å²) in [6.07, 6.45) is 1.61. The summed E-state index contributed by atoms with van der Waals surface area (Å²) in [7, 11) is 0. The van der Waals surface area contributed by atoms with Gasteiger partial charge in [0.25, 0.3) is 0 Å². The minimum atomic E-state index is -0.381. The Bertz CT molecular complexity index is 1050. The number of carbonyl (C=O) groups excluding carboxylic acids is 2. The van der Waals surface area contributed by atoms with Gasteiger partial charge in [0, 0.05) is 28.7 Å². The van der Waals surface area contributed by atoms with Crippen LogP contribution in [0.1, 0.15) is 16.0 Å². The number of nitrogens with one attached hydrogen (secondary N) is 1. The summed E-state index contributed by atoms with van der Waals surface area (Å²) in [6.45, 7) is 6.77.